The molecule has 0 atom stereocenters. The van der Waals surface area contributed by atoms with Gasteiger partial charge >= 0.3 is 0 Å². The number of hydrazone groups is 1. The molecule has 1 N–H and O–H groups in total. The quantitative estimate of drug-likeness (QED) is 0.838. The third-order valence-electron chi connectivity index (χ3n) is 4.32. The second-order valence-electron chi connectivity index (χ2n) is 6.41. The summed E-state index contributed by atoms with van der Waals surface area (Å²) in [7, 11) is 3.37. The van der Waals surface area contributed by atoms with Crippen molar-refractivity contribution in [3.05, 3.63) is 57.5 Å². The predicted molar refractivity (Wildman–Crippen MR) is 99.9 cm³/mol. The first-order chi connectivity index (χ1) is 12.4. The number of hydrogen-bond acceptors (Lipinski definition) is 4. The molecule has 0 aliphatic heterocycles. The number of amides is 2. The highest BCUT2D eigenvalue weighted by Crippen LogP contribution is 2.30. The van der Waals surface area contributed by atoms with E-state index in [0.29, 0.717) is 22.8 Å². The zero-order valence-corrected chi connectivity index (χ0v) is 15.7. The Morgan fingerprint density at radius 2 is 1.88 bits per heavy atom. The van der Waals surface area contributed by atoms with Gasteiger partial charge in [-0.2, -0.15) is 5.10 Å². The third-order valence-corrected chi connectivity index (χ3v) is 4.58. The van der Waals surface area contributed by atoms with E-state index in [9.17, 15) is 9.59 Å². The highest BCUT2D eigenvalue weighted by molar-refractivity contribution is 6.30. The van der Waals surface area contributed by atoms with Crippen molar-refractivity contribution >= 4 is 29.1 Å². The maximum atomic E-state index is 12.3. The number of nitrogens with one attached hydrogen (secondary N) is 1. The Balaban J connectivity index is 1.87. The van der Waals surface area contributed by atoms with Crippen LogP contribution in [0.5, 0.6) is 0 Å². The van der Waals surface area contributed by atoms with Crippen LogP contribution in [0.2, 0.25) is 5.02 Å². The standard InChI is InChI=1S/C19H20ClN3O3/c1-11-16-14(21-22-18(24)12-7-9-13(20)10-8-12)5-4-6-15(16)26-17(11)19(25)23(2)3/h7-10H,4-6H2,1-3H3,(H,22,24)/b21-14+. The van der Waals surface area contributed by atoms with E-state index in [-0.39, 0.29) is 11.8 Å². The average molecular weight is 374 g/mol. The summed E-state index contributed by atoms with van der Waals surface area (Å²) in [5.41, 5.74) is 5.38. The van der Waals surface area contributed by atoms with Crippen LogP contribution in [0, 0.1) is 6.92 Å². The van der Waals surface area contributed by atoms with Gasteiger partial charge in [-0.25, -0.2) is 5.43 Å². The van der Waals surface area contributed by atoms with E-state index < -0.39 is 0 Å². The number of halogens is 1. The molecule has 0 bridgehead atoms. The first-order valence-corrected chi connectivity index (χ1v) is 8.73. The maximum Gasteiger partial charge on any atom is 0.289 e. The summed E-state index contributed by atoms with van der Waals surface area (Å²) in [6.07, 6.45) is 2.32. The number of benzene rings is 1. The summed E-state index contributed by atoms with van der Waals surface area (Å²) < 4.78 is 5.80. The number of carbonyl (C=O) groups is 2. The van der Waals surface area contributed by atoms with Crippen LogP contribution < -0.4 is 5.43 Å². The van der Waals surface area contributed by atoms with Crippen LogP contribution in [0.3, 0.4) is 0 Å². The largest absolute Gasteiger partial charge is 0.455 e. The van der Waals surface area contributed by atoms with Gasteiger partial charge in [0.05, 0.1) is 5.71 Å². The lowest BCUT2D eigenvalue weighted by Crippen LogP contribution is -2.23. The minimum atomic E-state index is -0.313. The van der Waals surface area contributed by atoms with E-state index in [4.69, 9.17) is 16.0 Å². The molecule has 0 radical (unpaired) electrons. The topological polar surface area (TPSA) is 74.9 Å². The van der Waals surface area contributed by atoms with E-state index in [1.54, 1.807) is 38.4 Å². The predicted octanol–water partition coefficient (Wildman–Crippen LogP) is 3.41. The minimum Gasteiger partial charge on any atom is -0.455 e. The SMILES string of the molecule is Cc1c(C(=O)N(C)C)oc2c1/C(=N/NC(=O)c1ccc(Cl)cc1)CCC2. The zero-order chi connectivity index (χ0) is 18.8. The zero-order valence-electron chi connectivity index (χ0n) is 14.9. The molecule has 1 aromatic carbocycles. The second kappa shape index (κ2) is 7.33. The van der Waals surface area contributed by atoms with Crippen molar-refractivity contribution in [1.82, 2.24) is 10.3 Å². The smallest absolute Gasteiger partial charge is 0.289 e. The first kappa shape index (κ1) is 18.2. The molecular formula is C19H20ClN3O3. The van der Waals surface area contributed by atoms with Gasteiger partial charge in [0, 0.05) is 42.2 Å². The molecule has 3 rings (SSSR count). The highest BCUT2D eigenvalue weighted by Gasteiger charge is 2.28. The summed E-state index contributed by atoms with van der Waals surface area (Å²) in [6, 6.07) is 6.59. The summed E-state index contributed by atoms with van der Waals surface area (Å²) in [6.45, 7) is 1.85. The number of aryl methyl sites for hydroxylation is 1. The molecule has 2 aromatic rings. The van der Waals surface area contributed by atoms with Gasteiger partial charge in [-0.3, -0.25) is 9.59 Å². The number of rotatable bonds is 3. The van der Waals surface area contributed by atoms with Crippen molar-refractivity contribution in [1.29, 1.82) is 0 Å². The Morgan fingerprint density at radius 1 is 1.19 bits per heavy atom. The van der Waals surface area contributed by atoms with Gasteiger partial charge < -0.3 is 9.32 Å². The third kappa shape index (κ3) is 3.51. The maximum absolute atomic E-state index is 12.3. The molecule has 136 valence electrons. The van der Waals surface area contributed by atoms with Crippen molar-refractivity contribution < 1.29 is 14.0 Å². The Labute approximate surface area is 156 Å². The van der Waals surface area contributed by atoms with Gasteiger partial charge in [0.2, 0.25) is 0 Å². The van der Waals surface area contributed by atoms with Crippen molar-refractivity contribution in [2.75, 3.05) is 14.1 Å². The minimum absolute atomic E-state index is 0.179. The number of hydrogen-bond donors (Lipinski definition) is 1. The summed E-state index contributed by atoms with van der Waals surface area (Å²) in [5.74, 6) is 0.588. The molecule has 0 unspecified atom stereocenters. The number of nitrogens with zero attached hydrogens (tertiary/aromatic N) is 2. The summed E-state index contributed by atoms with van der Waals surface area (Å²) >= 11 is 5.84. The monoisotopic (exact) mass is 373 g/mol. The van der Waals surface area contributed by atoms with Crippen molar-refractivity contribution in [2.24, 2.45) is 5.10 Å². The molecular weight excluding hydrogens is 354 g/mol. The second-order valence-corrected chi connectivity index (χ2v) is 6.85. The molecule has 6 nitrogen and oxygen atoms in total. The molecule has 1 aliphatic carbocycles. The van der Waals surface area contributed by atoms with E-state index in [0.717, 1.165) is 35.4 Å². The molecule has 0 spiro atoms. The molecule has 0 saturated heterocycles. The van der Waals surface area contributed by atoms with Crippen molar-refractivity contribution in [2.45, 2.75) is 26.2 Å². The summed E-state index contributed by atoms with van der Waals surface area (Å²) in [5, 5.41) is 4.87. The van der Waals surface area contributed by atoms with Gasteiger partial charge in [0.1, 0.15) is 5.76 Å². The van der Waals surface area contributed by atoms with Crippen LogP contribution in [0.25, 0.3) is 0 Å². The van der Waals surface area contributed by atoms with E-state index in [1.807, 2.05) is 6.92 Å². The van der Waals surface area contributed by atoms with E-state index >= 15 is 0 Å². The van der Waals surface area contributed by atoms with Gasteiger partial charge in [-0.15, -0.1) is 0 Å². The lowest BCUT2D eigenvalue weighted by Gasteiger charge is -2.13. The van der Waals surface area contributed by atoms with Gasteiger partial charge in [-0.1, -0.05) is 11.6 Å². The van der Waals surface area contributed by atoms with E-state index in [1.165, 1.54) is 4.90 Å². The lowest BCUT2D eigenvalue weighted by molar-refractivity contribution is 0.0793. The van der Waals surface area contributed by atoms with Crippen LogP contribution in [0.15, 0.2) is 33.8 Å². The normalized spacial score (nSPS) is 14.8. The number of fused-ring (bicyclic) bond motifs is 1. The van der Waals surface area contributed by atoms with Crippen LogP contribution >= 0.6 is 11.6 Å². The van der Waals surface area contributed by atoms with Gasteiger partial charge in [0.15, 0.2) is 5.76 Å². The fraction of sp³-hybridized carbons (Fsp3) is 0.316. The lowest BCUT2D eigenvalue weighted by atomic mass is 9.93. The Morgan fingerprint density at radius 3 is 2.54 bits per heavy atom. The summed E-state index contributed by atoms with van der Waals surface area (Å²) in [4.78, 5) is 26.0. The van der Waals surface area contributed by atoms with Crippen molar-refractivity contribution in [3.63, 3.8) is 0 Å². The molecule has 0 saturated carbocycles. The molecule has 26 heavy (non-hydrogen) atoms. The van der Waals surface area contributed by atoms with E-state index in [2.05, 4.69) is 10.5 Å². The van der Waals surface area contributed by atoms with Crippen LogP contribution in [-0.2, 0) is 6.42 Å². The highest BCUT2D eigenvalue weighted by atomic mass is 35.5. The number of furan rings is 1. The molecule has 1 aromatic heterocycles. The Bertz CT molecular complexity index is 882. The van der Waals surface area contributed by atoms with Crippen LogP contribution in [0.4, 0.5) is 0 Å². The van der Waals surface area contributed by atoms with Gasteiger partial charge in [-0.05, 0) is 44.0 Å². The average Bonchev–Trinajstić information content (AvgIpc) is 2.97. The fourth-order valence-electron chi connectivity index (χ4n) is 2.97. The molecule has 2 amide bonds. The molecule has 1 heterocycles. The molecule has 0 fully saturated rings. The molecule has 1 aliphatic rings. The van der Waals surface area contributed by atoms with Crippen molar-refractivity contribution in [3.8, 4) is 0 Å². The Kier molecular flexibility index (Phi) is 5.13. The first-order valence-electron chi connectivity index (χ1n) is 8.35. The number of carbonyl (C=O) groups excluding carboxylic acids is 2. The Hall–Kier alpha value is -2.60. The van der Waals surface area contributed by atoms with Crippen LogP contribution in [-0.4, -0.2) is 36.5 Å². The van der Waals surface area contributed by atoms with Gasteiger partial charge in [0.25, 0.3) is 11.8 Å². The molecule has 7 heteroatoms. The van der Waals surface area contributed by atoms with Crippen LogP contribution in [0.1, 0.15) is 50.6 Å². The fourth-order valence-corrected chi connectivity index (χ4v) is 3.10.